The van der Waals surface area contributed by atoms with Crippen LogP contribution in [0.25, 0.3) is 11.1 Å². The highest BCUT2D eigenvalue weighted by molar-refractivity contribution is 5.67. The number of aryl methyl sites for hydroxylation is 2. The molecule has 0 fully saturated rings. The average molecular weight is 266 g/mol. The number of alkyl halides is 3. The molecule has 1 nitrogen and oxygen atoms in total. The van der Waals surface area contributed by atoms with Crippen molar-refractivity contribution in [3.8, 4) is 16.9 Å². The van der Waals surface area contributed by atoms with Crippen LogP contribution in [0.5, 0.6) is 5.75 Å². The molecule has 0 amide bonds. The van der Waals surface area contributed by atoms with Crippen LogP contribution in [0, 0.1) is 13.8 Å². The summed E-state index contributed by atoms with van der Waals surface area (Å²) < 4.78 is 38.1. The van der Waals surface area contributed by atoms with Crippen LogP contribution in [0.2, 0.25) is 0 Å². The van der Waals surface area contributed by atoms with E-state index in [4.69, 9.17) is 0 Å². The minimum absolute atomic E-state index is 0.360. The summed E-state index contributed by atoms with van der Waals surface area (Å²) in [5.41, 5.74) is 2.11. The number of benzene rings is 2. The maximum absolute atomic E-state index is 12.7. The number of halogens is 3. The van der Waals surface area contributed by atoms with Crippen LogP contribution in [-0.2, 0) is 6.18 Å². The van der Waals surface area contributed by atoms with Gasteiger partial charge in [0.1, 0.15) is 5.75 Å². The van der Waals surface area contributed by atoms with Gasteiger partial charge in [-0.25, -0.2) is 0 Å². The number of phenols is 1. The fourth-order valence-corrected chi connectivity index (χ4v) is 2.08. The fraction of sp³-hybridized carbons (Fsp3) is 0.200. The Morgan fingerprint density at radius 3 is 1.84 bits per heavy atom. The van der Waals surface area contributed by atoms with E-state index >= 15 is 0 Å². The Labute approximate surface area is 109 Å². The van der Waals surface area contributed by atoms with Crippen LogP contribution < -0.4 is 0 Å². The zero-order chi connectivity index (χ0) is 14.2. The van der Waals surface area contributed by atoms with Gasteiger partial charge in [-0.2, -0.15) is 13.2 Å². The lowest BCUT2D eigenvalue weighted by molar-refractivity contribution is -0.137. The summed E-state index contributed by atoms with van der Waals surface area (Å²) in [5.74, 6) is -0.385. The van der Waals surface area contributed by atoms with E-state index in [9.17, 15) is 18.3 Å². The molecule has 0 aliphatic carbocycles. The molecule has 0 heterocycles. The lowest BCUT2D eigenvalue weighted by atomic mass is 9.98. The summed E-state index contributed by atoms with van der Waals surface area (Å²) in [5, 5.41) is 9.46. The second kappa shape index (κ2) is 4.61. The molecule has 2 aromatic rings. The monoisotopic (exact) mass is 266 g/mol. The lowest BCUT2D eigenvalue weighted by Crippen LogP contribution is -2.04. The molecule has 0 bridgehead atoms. The SMILES string of the molecule is Cc1cc(C)cc(-c2cc(O)cc(C(F)(F)F)c2)c1. The standard InChI is InChI=1S/C15H13F3O/c1-9-3-10(2)5-11(4-9)12-6-13(15(16,17)18)8-14(19)7-12/h3-8,19H,1-2H3. The molecule has 0 saturated heterocycles. The summed E-state index contributed by atoms with van der Waals surface area (Å²) in [6, 6.07) is 8.64. The zero-order valence-electron chi connectivity index (χ0n) is 10.5. The van der Waals surface area contributed by atoms with Gasteiger partial charge in [-0.05, 0) is 43.2 Å². The Morgan fingerprint density at radius 2 is 1.32 bits per heavy atom. The molecule has 0 aliphatic rings. The van der Waals surface area contributed by atoms with Gasteiger partial charge in [-0.1, -0.05) is 29.3 Å². The van der Waals surface area contributed by atoms with E-state index in [-0.39, 0.29) is 5.75 Å². The Balaban J connectivity index is 2.59. The number of phenolic OH excluding ortho intramolecular Hbond substituents is 1. The third kappa shape index (κ3) is 3.08. The van der Waals surface area contributed by atoms with E-state index in [1.54, 1.807) is 12.1 Å². The van der Waals surface area contributed by atoms with Gasteiger partial charge < -0.3 is 5.11 Å². The smallest absolute Gasteiger partial charge is 0.416 e. The molecule has 2 aromatic carbocycles. The maximum atomic E-state index is 12.7. The largest absolute Gasteiger partial charge is 0.508 e. The zero-order valence-corrected chi connectivity index (χ0v) is 10.5. The lowest BCUT2D eigenvalue weighted by Gasteiger charge is -2.11. The maximum Gasteiger partial charge on any atom is 0.416 e. The first kappa shape index (κ1) is 13.5. The van der Waals surface area contributed by atoms with Gasteiger partial charge in [0, 0.05) is 0 Å². The molecule has 0 spiro atoms. The van der Waals surface area contributed by atoms with Crippen LogP contribution in [0.15, 0.2) is 36.4 Å². The van der Waals surface area contributed by atoms with Crippen molar-refractivity contribution in [3.63, 3.8) is 0 Å². The molecule has 0 unspecified atom stereocenters. The molecule has 4 heteroatoms. The van der Waals surface area contributed by atoms with Crippen molar-refractivity contribution in [1.82, 2.24) is 0 Å². The molecule has 19 heavy (non-hydrogen) atoms. The number of hydrogen-bond donors (Lipinski definition) is 1. The van der Waals surface area contributed by atoms with E-state index in [1.807, 2.05) is 19.9 Å². The third-order valence-electron chi connectivity index (χ3n) is 2.80. The van der Waals surface area contributed by atoms with Crippen molar-refractivity contribution in [2.24, 2.45) is 0 Å². The third-order valence-corrected chi connectivity index (χ3v) is 2.80. The first-order valence-corrected chi connectivity index (χ1v) is 5.75. The summed E-state index contributed by atoms with van der Waals surface area (Å²) >= 11 is 0. The van der Waals surface area contributed by atoms with Gasteiger partial charge in [0.15, 0.2) is 0 Å². The highest BCUT2D eigenvalue weighted by Gasteiger charge is 2.31. The van der Waals surface area contributed by atoms with Crippen LogP contribution in [0.4, 0.5) is 13.2 Å². The molecule has 0 radical (unpaired) electrons. The van der Waals surface area contributed by atoms with Gasteiger partial charge >= 0.3 is 6.18 Å². The Kier molecular flexibility index (Phi) is 3.27. The predicted molar refractivity (Wildman–Crippen MR) is 68.0 cm³/mol. The molecule has 2 rings (SSSR count). The topological polar surface area (TPSA) is 20.2 Å². The molecular weight excluding hydrogens is 253 g/mol. The van der Waals surface area contributed by atoms with E-state index < -0.39 is 11.7 Å². The van der Waals surface area contributed by atoms with Crippen molar-refractivity contribution in [2.75, 3.05) is 0 Å². The molecule has 0 saturated carbocycles. The van der Waals surface area contributed by atoms with Crippen LogP contribution in [-0.4, -0.2) is 5.11 Å². The first-order valence-electron chi connectivity index (χ1n) is 5.75. The van der Waals surface area contributed by atoms with Crippen molar-refractivity contribution >= 4 is 0 Å². The number of hydrogen-bond acceptors (Lipinski definition) is 1. The van der Waals surface area contributed by atoms with Gasteiger partial charge in [-0.15, -0.1) is 0 Å². The van der Waals surface area contributed by atoms with Gasteiger partial charge in [0.2, 0.25) is 0 Å². The van der Waals surface area contributed by atoms with Crippen LogP contribution in [0.3, 0.4) is 0 Å². The Bertz CT molecular complexity index is 595. The average Bonchev–Trinajstić information content (AvgIpc) is 2.25. The molecule has 0 aromatic heterocycles. The summed E-state index contributed by atoms with van der Waals surface area (Å²) in [6.07, 6.45) is -4.47. The van der Waals surface area contributed by atoms with Crippen LogP contribution in [0.1, 0.15) is 16.7 Å². The quantitative estimate of drug-likeness (QED) is 0.793. The van der Waals surface area contributed by atoms with E-state index in [0.29, 0.717) is 11.1 Å². The van der Waals surface area contributed by atoms with E-state index in [1.165, 1.54) is 6.07 Å². The van der Waals surface area contributed by atoms with E-state index in [0.717, 1.165) is 23.3 Å². The van der Waals surface area contributed by atoms with Crippen molar-refractivity contribution in [3.05, 3.63) is 53.1 Å². The van der Waals surface area contributed by atoms with E-state index in [2.05, 4.69) is 0 Å². The molecule has 0 aliphatic heterocycles. The fourth-order valence-electron chi connectivity index (χ4n) is 2.08. The highest BCUT2D eigenvalue weighted by atomic mass is 19.4. The molecule has 0 atom stereocenters. The molecule has 100 valence electrons. The summed E-state index contributed by atoms with van der Waals surface area (Å²) in [6.45, 7) is 3.76. The van der Waals surface area contributed by atoms with Crippen LogP contribution >= 0.6 is 0 Å². The van der Waals surface area contributed by atoms with Gasteiger partial charge in [0.05, 0.1) is 5.56 Å². The van der Waals surface area contributed by atoms with Gasteiger partial charge in [0.25, 0.3) is 0 Å². The second-order valence-electron chi connectivity index (χ2n) is 4.64. The Hall–Kier alpha value is -1.97. The summed E-state index contributed by atoms with van der Waals surface area (Å²) in [4.78, 5) is 0. The van der Waals surface area contributed by atoms with Gasteiger partial charge in [-0.3, -0.25) is 0 Å². The minimum Gasteiger partial charge on any atom is -0.508 e. The number of rotatable bonds is 1. The highest BCUT2D eigenvalue weighted by Crippen LogP contribution is 2.35. The van der Waals surface area contributed by atoms with Crippen molar-refractivity contribution in [1.29, 1.82) is 0 Å². The normalized spacial score (nSPS) is 11.6. The first-order chi connectivity index (χ1) is 8.75. The Morgan fingerprint density at radius 1 is 0.789 bits per heavy atom. The van der Waals surface area contributed by atoms with Crippen molar-refractivity contribution in [2.45, 2.75) is 20.0 Å². The second-order valence-corrected chi connectivity index (χ2v) is 4.64. The number of aromatic hydroxyl groups is 1. The predicted octanol–water partition coefficient (Wildman–Crippen LogP) is 4.69. The minimum atomic E-state index is -4.47. The molecular formula is C15H13F3O. The van der Waals surface area contributed by atoms with Crippen molar-refractivity contribution < 1.29 is 18.3 Å². The summed E-state index contributed by atoms with van der Waals surface area (Å²) in [7, 11) is 0. The molecule has 1 N–H and O–H groups in total.